The molecule has 1 aromatic rings. The highest BCUT2D eigenvalue weighted by atomic mass is 32.2. The average Bonchev–Trinajstić information content (AvgIpc) is 2.47. The summed E-state index contributed by atoms with van der Waals surface area (Å²) in [5.74, 6) is -0.118. The first kappa shape index (κ1) is 14.9. The van der Waals surface area contributed by atoms with Crippen molar-refractivity contribution in [1.29, 1.82) is 0 Å². The Labute approximate surface area is 122 Å². The van der Waals surface area contributed by atoms with Gasteiger partial charge in [-0.2, -0.15) is 0 Å². The second kappa shape index (κ2) is 7.31. The second-order valence-corrected chi connectivity index (χ2v) is 5.80. The number of para-hydroxylation sites is 1. The number of anilines is 1. The average molecular weight is 293 g/mol. The molecule has 1 aliphatic rings. The Hall–Kier alpha value is -1.53. The molecule has 1 heterocycles. The molecule has 108 valence electrons. The molecule has 5 nitrogen and oxygen atoms in total. The molecule has 1 atom stereocenters. The Balaban J connectivity index is 2.00. The highest BCUT2D eigenvalue weighted by molar-refractivity contribution is 8.00. The molecule has 1 fully saturated rings. The molecular formula is C14H19N3O2S. The van der Waals surface area contributed by atoms with Gasteiger partial charge < -0.3 is 16.4 Å². The maximum absolute atomic E-state index is 12.2. The predicted octanol–water partition coefficient (Wildman–Crippen LogP) is 1.20. The van der Waals surface area contributed by atoms with Gasteiger partial charge in [-0.15, -0.1) is 11.8 Å². The van der Waals surface area contributed by atoms with Gasteiger partial charge in [-0.25, -0.2) is 0 Å². The van der Waals surface area contributed by atoms with Crippen molar-refractivity contribution in [2.75, 3.05) is 24.2 Å². The van der Waals surface area contributed by atoms with Crippen LogP contribution in [0.1, 0.15) is 12.8 Å². The molecule has 1 saturated heterocycles. The van der Waals surface area contributed by atoms with Gasteiger partial charge in [0.15, 0.2) is 0 Å². The third-order valence-electron chi connectivity index (χ3n) is 3.18. The third kappa shape index (κ3) is 4.25. The fraction of sp³-hybridized carbons (Fsp3) is 0.429. The molecule has 6 heteroatoms. The van der Waals surface area contributed by atoms with E-state index in [2.05, 4.69) is 10.6 Å². The first-order chi connectivity index (χ1) is 9.66. The van der Waals surface area contributed by atoms with E-state index in [-0.39, 0.29) is 23.5 Å². The van der Waals surface area contributed by atoms with Crippen LogP contribution in [0.5, 0.6) is 0 Å². The Morgan fingerprint density at radius 1 is 1.40 bits per heavy atom. The summed E-state index contributed by atoms with van der Waals surface area (Å²) in [5, 5.41) is 6.18. The van der Waals surface area contributed by atoms with Gasteiger partial charge in [0.2, 0.25) is 11.8 Å². The normalized spacial score (nSPS) is 18.5. The summed E-state index contributed by atoms with van der Waals surface area (Å²) in [6.45, 7) is 1.71. The van der Waals surface area contributed by atoms with E-state index in [1.165, 1.54) is 11.8 Å². The summed E-state index contributed by atoms with van der Waals surface area (Å²) >= 11 is 1.34. The molecule has 4 N–H and O–H groups in total. The van der Waals surface area contributed by atoms with E-state index in [0.29, 0.717) is 0 Å². The van der Waals surface area contributed by atoms with Crippen LogP contribution in [-0.4, -0.2) is 30.7 Å². The Kier molecular flexibility index (Phi) is 5.43. The first-order valence-electron chi connectivity index (χ1n) is 6.68. The van der Waals surface area contributed by atoms with Crippen LogP contribution in [0.4, 0.5) is 5.69 Å². The van der Waals surface area contributed by atoms with Gasteiger partial charge in [0, 0.05) is 11.4 Å². The summed E-state index contributed by atoms with van der Waals surface area (Å²) in [6.07, 6.45) is 1.94. The number of amides is 2. The smallest absolute Gasteiger partial charge is 0.228 e. The first-order valence-corrected chi connectivity index (χ1v) is 7.67. The molecule has 2 amide bonds. The molecule has 0 aliphatic carbocycles. The van der Waals surface area contributed by atoms with Crippen LogP contribution >= 0.6 is 11.8 Å². The summed E-state index contributed by atoms with van der Waals surface area (Å²) in [5.41, 5.74) is 5.90. The minimum Gasteiger partial charge on any atom is -0.369 e. The van der Waals surface area contributed by atoms with Crippen LogP contribution < -0.4 is 16.4 Å². The number of carbonyl (C=O) groups is 2. The monoisotopic (exact) mass is 293 g/mol. The Morgan fingerprint density at radius 2 is 2.20 bits per heavy atom. The number of nitrogens with two attached hydrogens (primary N) is 1. The summed E-state index contributed by atoms with van der Waals surface area (Å²) in [7, 11) is 0. The molecule has 2 rings (SSSR count). The lowest BCUT2D eigenvalue weighted by Gasteiger charge is -2.22. The number of hydrogen-bond donors (Lipinski definition) is 3. The summed E-state index contributed by atoms with van der Waals surface area (Å²) < 4.78 is 0. The van der Waals surface area contributed by atoms with Crippen molar-refractivity contribution in [3.05, 3.63) is 24.3 Å². The summed E-state index contributed by atoms with van der Waals surface area (Å²) in [4.78, 5) is 23.9. The summed E-state index contributed by atoms with van der Waals surface area (Å²) in [6, 6.07) is 7.46. The van der Waals surface area contributed by atoms with Crippen molar-refractivity contribution >= 4 is 29.3 Å². The van der Waals surface area contributed by atoms with Gasteiger partial charge in [-0.3, -0.25) is 9.59 Å². The van der Waals surface area contributed by atoms with Crippen LogP contribution in [0.3, 0.4) is 0 Å². The molecule has 0 spiro atoms. The Bertz CT molecular complexity index is 487. The van der Waals surface area contributed by atoms with Gasteiger partial charge >= 0.3 is 0 Å². The van der Waals surface area contributed by atoms with Crippen molar-refractivity contribution < 1.29 is 9.59 Å². The van der Waals surface area contributed by atoms with Crippen LogP contribution in [0.25, 0.3) is 0 Å². The second-order valence-electron chi connectivity index (χ2n) is 4.78. The van der Waals surface area contributed by atoms with Gasteiger partial charge in [0.1, 0.15) is 0 Å². The highest BCUT2D eigenvalue weighted by Crippen LogP contribution is 2.27. The number of hydrogen-bond acceptors (Lipinski definition) is 4. The van der Waals surface area contributed by atoms with E-state index < -0.39 is 0 Å². The standard InChI is InChI=1S/C14H19N3O2S/c15-13(18)9-20-12-6-2-1-5-11(12)17-14(19)10-4-3-7-16-8-10/h1-2,5-6,10,16H,3-4,7-9H2,(H2,15,18)(H,17,19). The lowest BCUT2D eigenvalue weighted by atomic mass is 9.99. The predicted molar refractivity (Wildman–Crippen MR) is 80.6 cm³/mol. The molecule has 1 aromatic carbocycles. The van der Waals surface area contributed by atoms with Crippen molar-refractivity contribution in [3.63, 3.8) is 0 Å². The number of nitrogens with one attached hydrogen (secondary N) is 2. The number of piperidine rings is 1. The molecule has 0 saturated carbocycles. The highest BCUT2D eigenvalue weighted by Gasteiger charge is 2.21. The van der Waals surface area contributed by atoms with E-state index in [0.717, 1.165) is 36.5 Å². The molecule has 0 aromatic heterocycles. The number of primary amides is 1. The van der Waals surface area contributed by atoms with Gasteiger partial charge in [-0.1, -0.05) is 12.1 Å². The van der Waals surface area contributed by atoms with E-state index >= 15 is 0 Å². The minimum absolute atomic E-state index is 0.0120. The molecule has 20 heavy (non-hydrogen) atoms. The fourth-order valence-electron chi connectivity index (χ4n) is 2.16. The third-order valence-corrected chi connectivity index (χ3v) is 4.28. The molecule has 1 aliphatic heterocycles. The van der Waals surface area contributed by atoms with E-state index in [1.807, 2.05) is 24.3 Å². The van der Waals surface area contributed by atoms with E-state index in [9.17, 15) is 9.59 Å². The van der Waals surface area contributed by atoms with Crippen molar-refractivity contribution in [2.45, 2.75) is 17.7 Å². The van der Waals surface area contributed by atoms with Crippen LogP contribution in [0.15, 0.2) is 29.2 Å². The van der Waals surface area contributed by atoms with Crippen molar-refractivity contribution in [1.82, 2.24) is 5.32 Å². The van der Waals surface area contributed by atoms with Crippen molar-refractivity contribution in [2.24, 2.45) is 11.7 Å². The lowest BCUT2D eigenvalue weighted by molar-refractivity contribution is -0.120. The van der Waals surface area contributed by atoms with E-state index in [4.69, 9.17) is 5.73 Å². The van der Waals surface area contributed by atoms with Gasteiger partial charge in [-0.05, 0) is 31.5 Å². The van der Waals surface area contributed by atoms with E-state index in [1.54, 1.807) is 0 Å². The number of rotatable bonds is 5. The topological polar surface area (TPSA) is 84.2 Å². The van der Waals surface area contributed by atoms with Gasteiger partial charge in [0.05, 0.1) is 17.4 Å². The quantitative estimate of drug-likeness (QED) is 0.712. The molecular weight excluding hydrogens is 274 g/mol. The maximum atomic E-state index is 12.2. The van der Waals surface area contributed by atoms with Gasteiger partial charge in [0.25, 0.3) is 0 Å². The number of carbonyl (C=O) groups excluding carboxylic acids is 2. The fourth-order valence-corrected chi connectivity index (χ4v) is 2.90. The zero-order chi connectivity index (χ0) is 14.4. The SMILES string of the molecule is NC(=O)CSc1ccccc1NC(=O)C1CCCNC1. The van der Waals surface area contributed by atoms with Crippen LogP contribution in [-0.2, 0) is 9.59 Å². The largest absolute Gasteiger partial charge is 0.369 e. The zero-order valence-electron chi connectivity index (χ0n) is 11.2. The molecule has 0 bridgehead atoms. The van der Waals surface area contributed by atoms with Crippen molar-refractivity contribution in [3.8, 4) is 0 Å². The minimum atomic E-state index is -0.368. The zero-order valence-corrected chi connectivity index (χ0v) is 12.0. The molecule has 0 radical (unpaired) electrons. The number of benzene rings is 1. The lowest BCUT2D eigenvalue weighted by Crippen LogP contribution is -2.37. The van der Waals surface area contributed by atoms with Crippen LogP contribution in [0, 0.1) is 5.92 Å². The molecule has 1 unspecified atom stereocenters. The number of thioether (sulfide) groups is 1. The maximum Gasteiger partial charge on any atom is 0.228 e. The van der Waals surface area contributed by atoms with Crippen LogP contribution in [0.2, 0.25) is 0 Å². The Morgan fingerprint density at radius 3 is 2.90 bits per heavy atom.